The summed E-state index contributed by atoms with van der Waals surface area (Å²) in [6.45, 7) is 0.487. The Balaban J connectivity index is 1.52. The molecule has 5 rings (SSSR count). The van der Waals surface area contributed by atoms with Crippen molar-refractivity contribution in [2.75, 3.05) is 50.0 Å². The topological polar surface area (TPSA) is 83.1 Å². The van der Waals surface area contributed by atoms with Crippen molar-refractivity contribution < 1.29 is 19.1 Å². The minimum absolute atomic E-state index is 0.000709. The monoisotopic (exact) mass is 470 g/mol. The zero-order chi connectivity index (χ0) is 24.5. The van der Waals surface area contributed by atoms with Gasteiger partial charge in [-0.3, -0.25) is 9.59 Å². The van der Waals surface area contributed by atoms with E-state index < -0.39 is 0 Å². The molecule has 0 unspecified atom stereocenters. The maximum atomic E-state index is 13.1. The molecule has 2 aliphatic rings. The number of carbonyl (C=O) groups excluding carboxylic acids is 2. The van der Waals surface area contributed by atoms with Crippen molar-refractivity contribution >= 4 is 40.1 Å². The van der Waals surface area contributed by atoms with Crippen LogP contribution in [-0.2, 0) is 9.59 Å². The van der Waals surface area contributed by atoms with E-state index in [2.05, 4.69) is 10.6 Å². The smallest absolute Gasteiger partial charge is 0.258 e. The Labute approximate surface area is 203 Å². The summed E-state index contributed by atoms with van der Waals surface area (Å²) in [5.74, 6) is 1.02. The molecule has 0 spiro atoms. The van der Waals surface area contributed by atoms with Crippen LogP contribution in [0.15, 0.2) is 66.7 Å². The second kappa shape index (κ2) is 9.15. The van der Waals surface area contributed by atoms with E-state index in [1.807, 2.05) is 79.7 Å². The third-order valence-corrected chi connectivity index (χ3v) is 5.92. The molecule has 2 aliphatic heterocycles. The minimum atomic E-state index is -0.208. The SMILES string of the molecule is CN(C)CC(=O)N(C)c1ccc(NC(=C2C(=O)Nc3cc4c(cc32)OCO4)c2ccccc2)cc1. The van der Waals surface area contributed by atoms with Gasteiger partial charge >= 0.3 is 0 Å². The molecule has 8 heteroatoms. The molecule has 2 N–H and O–H groups in total. The summed E-state index contributed by atoms with van der Waals surface area (Å²) < 4.78 is 11.0. The second-order valence-electron chi connectivity index (χ2n) is 8.68. The summed E-state index contributed by atoms with van der Waals surface area (Å²) >= 11 is 0. The summed E-state index contributed by atoms with van der Waals surface area (Å²) in [4.78, 5) is 29.0. The van der Waals surface area contributed by atoms with Crippen LogP contribution in [0.3, 0.4) is 0 Å². The Hall–Kier alpha value is -4.30. The number of rotatable bonds is 6. The van der Waals surface area contributed by atoms with Gasteiger partial charge in [0.2, 0.25) is 12.7 Å². The van der Waals surface area contributed by atoms with Gasteiger partial charge in [-0.25, -0.2) is 0 Å². The third-order valence-electron chi connectivity index (χ3n) is 5.92. The van der Waals surface area contributed by atoms with Gasteiger partial charge < -0.3 is 29.9 Å². The largest absolute Gasteiger partial charge is 0.454 e. The molecule has 2 amide bonds. The molecule has 0 radical (unpaired) electrons. The number of carbonyl (C=O) groups is 2. The lowest BCUT2D eigenvalue weighted by atomic mass is 9.99. The molecule has 178 valence electrons. The van der Waals surface area contributed by atoms with Crippen LogP contribution in [-0.4, -0.2) is 51.2 Å². The van der Waals surface area contributed by atoms with Gasteiger partial charge in [0.1, 0.15) is 0 Å². The molecule has 0 saturated heterocycles. The van der Waals surface area contributed by atoms with Gasteiger partial charge in [0.25, 0.3) is 5.91 Å². The van der Waals surface area contributed by atoms with Crippen molar-refractivity contribution in [3.63, 3.8) is 0 Å². The van der Waals surface area contributed by atoms with Crippen LogP contribution < -0.4 is 25.0 Å². The van der Waals surface area contributed by atoms with Gasteiger partial charge in [-0.1, -0.05) is 30.3 Å². The lowest BCUT2D eigenvalue weighted by molar-refractivity contribution is -0.119. The number of anilines is 3. The molecule has 0 aliphatic carbocycles. The molecule has 8 nitrogen and oxygen atoms in total. The van der Waals surface area contributed by atoms with Crippen molar-refractivity contribution in [3.05, 3.63) is 77.9 Å². The summed E-state index contributed by atoms with van der Waals surface area (Å²) in [6.07, 6.45) is 0. The average molecular weight is 471 g/mol. The van der Waals surface area contributed by atoms with E-state index in [1.165, 1.54) is 0 Å². The molecular formula is C27H26N4O4. The number of amides is 2. The number of nitrogens with zero attached hydrogens (tertiary/aromatic N) is 2. The Morgan fingerprint density at radius 1 is 0.971 bits per heavy atom. The van der Waals surface area contributed by atoms with Gasteiger partial charge in [0.15, 0.2) is 11.5 Å². The van der Waals surface area contributed by atoms with E-state index in [4.69, 9.17) is 9.47 Å². The molecule has 0 saturated carbocycles. The quantitative estimate of drug-likeness (QED) is 0.532. The van der Waals surface area contributed by atoms with Crippen LogP contribution >= 0.6 is 0 Å². The fourth-order valence-corrected chi connectivity index (χ4v) is 4.12. The zero-order valence-electron chi connectivity index (χ0n) is 19.8. The number of benzene rings is 3. The summed E-state index contributed by atoms with van der Waals surface area (Å²) in [6, 6.07) is 20.9. The highest BCUT2D eigenvalue weighted by Crippen LogP contribution is 2.45. The predicted molar refractivity (Wildman–Crippen MR) is 136 cm³/mol. The first-order chi connectivity index (χ1) is 16.9. The van der Waals surface area contributed by atoms with E-state index >= 15 is 0 Å². The van der Waals surface area contributed by atoms with Crippen LogP contribution in [0.2, 0.25) is 0 Å². The molecule has 0 fully saturated rings. The first-order valence-corrected chi connectivity index (χ1v) is 11.2. The van der Waals surface area contributed by atoms with E-state index in [9.17, 15) is 9.59 Å². The summed E-state index contributed by atoms with van der Waals surface area (Å²) in [5.41, 5.74) is 5.06. The average Bonchev–Trinajstić information content (AvgIpc) is 3.43. The third kappa shape index (κ3) is 4.43. The number of likely N-dealkylation sites (N-methyl/N-ethyl adjacent to an activating group) is 2. The van der Waals surface area contributed by atoms with Gasteiger partial charge in [-0.2, -0.15) is 0 Å². The second-order valence-corrected chi connectivity index (χ2v) is 8.68. The number of ether oxygens (including phenoxy) is 2. The normalized spacial score (nSPS) is 15.0. The molecule has 0 bridgehead atoms. The summed E-state index contributed by atoms with van der Waals surface area (Å²) in [7, 11) is 5.49. The number of nitrogens with one attached hydrogen (secondary N) is 2. The van der Waals surface area contributed by atoms with Crippen molar-refractivity contribution in [3.8, 4) is 11.5 Å². The Morgan fingerprint density at radius 3 is 2.34 bits per heavy atom. The van der Waals surface area contributed by atoms with Crippen LogP contribution in [0.4, 0.5) is 17.1 Å². The number of fused-ring (bicyclic) bond motifs is 2. The maximum Gasteiger partial charge on any atom is 0.258 e. The minimum Gasteiger partial charge on any atom is -0.454 e. The molecule has 3 aromatic carbocycles. The fraction of sp³-hybridized carbons (Fsp3) is 0.185. The van der Waals surface area contributed by atoms with E-state index in [-0.39, 0.29) is 18.6 Å². The fourth-order valence-electron chi connectivity index (χ4n) is 4.12. The van der Waals surface area contributed by atoms with Crippen LogP contribution in [0.5, 0.6) is 11.5 Å². The molecule has 35 heavy (non-hydrogen) atoms. The summed E-state index contributed by atoms with van der Waals surface area (Å²) in [5, 5.41) is 6.38. The number of hydrogen-bond acceptors (Lipinski definition) is 6. The van der Waals surface area contributed by atoms with Gasteiger partial charge in [0.05, 0.1) is 23.5 Å². The first-order valence-electron chi connectivity index (χ1n) is 11.2. The molecule has 2 heterocycles. The Kier molecular flexibility index (Phi) is 5.88. The van der Waals surface area contributed by atoms with E-state index in [0.717, 1.165) is 22.5 Å². The van der Waals surface area contributed by atoms with Crippen molar-refractivity contribution in [1.29, 1.82) is 0 Å². The lowest BCUT2D eigenvalue weighted by Gasteiger charge is -2.20. The Morgan fingerprint density at radius 2 is 1.66 bits per heavy atom. The molecular weight excluding hydrogens is 444 g/mol. The highest BCUT2D eigenvalue weighted by atomic mass is 16.7. The van der Waals surface area contributed by atoms with Gasteiger partial charge in [0, 0.05) is 30.1 Å². The van der Waals surface area contributed by atoms with Gasteiger partial charge in [-0.05, 0) is 50.0 Å². The van der Waals surface area contributed by atoms with Crippen molar-refractivity contribution in [2.24, 2.45) is 0 Å². The van der Waals surface area contributed by atoms with Crippen LogP contribution in [0, 0.1) is 0 Å². The lowest BCUT2D eigenvalue weighted by Crippen LogP contribution is -2.34. The van der Waals surface area contributed by atoms with Crippen LogP contribution in [0.25, 0.3) is 11.3 Å². The van der Waals surface area contributed by atoms with Gasteiger partial charge in [-0.15, -0.1) is 0 Å². The maximum absolute atomic E-state index is 13.1. The first kappa shape index (κ1) is 22.5. The van der Waals surface area contributed by atoms with E-state index in [1.54, 1.807) is 18.0 Å². The Bertz CT molecular complexity index is 1320. The molecule has 0 atom stereocenters. The molecule has 0 aromatic heterocycles. The molecule has 3 aromatic rings. The predicted octanol–water partition coefficient (Wildman–Crippen LogP) is 3.87. The standard InChI is InChI=1S/C27H26N4O4/c1-30(2)15-24(32)31(3)19-11-9-18(10-12-19)28-26(17-7-5-4-6-8-17)25-20-13-22-23(35-16-34-22)14-21(20)29-27(25)33/h4-14,28H,15-16H2,1-3H3,(H,29,33). The van der Waals surface area contributed by atoms with Crippen molar-refractivity contribution in [2.45, 2.75) is 0 Å². The van der Waals surface area contributed by atoms with Crippen LogP contribution in [0.1, 0.15) is 11.1 Å². The highest BCUT2D eigenvalue weighted by Gasteiger charge is 2.31. The zero-order valence-corrected chi connectivity index (χ0v) is 19.8. The highest BCUT2D eigenvalue weighted by molar-refractivity contribution is 6.37. The number of hydrogen-bond donors (Lipinski definition) is 2. The van der Waals surface area contributed by atoms with Crippen molar-refractivity contribution in [1.82, 2.24) is 4.90 Å². The van der Waals surface area contributed by atoms with E-state index in [0.29, 0.717) is 35.0 Å².